The molecule has 1 rings (SSSR count). The van der Waals surface area contributed by atoms with Crippen molar-refractivity contribution < 1.29 is 0 Å². The summed E-state index contributed by atoms with van der Waals surface area (Å²) in [6.07, 6.45) is 2.56. The summed E-state index contributed by atoms with van der Waals surface area (Å²) in [5.41, 5.74) is 5.95. The number of piperidine rings is 1. The van der Waals surface area contributed by atoms with Gasteiger partial charge in [-0.15, -0.1) is 0 Å². The molecule has 0 aromatic heterocycles. The van der Waals surface area contributed by atoms with Gasteiger partial charge in [0.05, 0.1) is 0 Å². The van der Waals surface area contributed by atoms with Crippen molar-refractivity contribution in [2.24, 2.45) is 17.6 Å². The topological polar surface area (TPSA) is 29.3 Å². The number of likely N-dealkylation sites (N-methyl/N-ethyl adjacent to an activating group) is 1. The Labute approximate surface area is 76.1 Å². The van der Waals surface area contributed by atoms with Gasteiger partial charge >= 0.3 is 0 Å². The van der Waals surface area contributed by atoms with E-state index in [4.69, 9.17) is 5.73 Å². The lowest BCUT2D eigenvalue weighted by Crippen LogP contribution is -2.45. The summed E-state index contributed by atoms with van der Waals surface area (Å²) in [6.45, 7) is 6.90. The van der Waals surface area contributed by atoms with Crippen molar-refractivity contribution in [1.82, 2.24) is 4.90 Å². The van der Waals surface area contributed by atoms with Gasteiger partial charge in [0, 0.05) is 19.1 Å². The van der Waals surface area contributed by atoms with Crippen LogP contribution < -0.4 is 5.73 Å². The Hall–Kier alpha value is -0.0800. The molecule has 72 valence electrons. The fourth-order valence-corrected chi connectivity index (χ4v) is 2.33. The maximum atomic E-state index is 5.95. The lowest BCUT2D eigenvalue weighted by Gasteiger charge is -2.34. The van der Waals surface area contributed by atoms with Crippen molar-refractivity contribution in [2.75, 3.05) is 20.1 Å². The molecule has 0 amide bonds. The van der Waals surface area contributed by atoms with Gasteiger partial charge in [0.25, 0.3) is 0 Å². The lowest BCUT2D eigenvalue weighted by atomic mass is 9.88. The fourth-order valence-electron chi connectivity index (χ4n) is 2.33. The molecule has 1 aliphatic rings. The van der Waals surface area contributed by atoms with Crippen LogP contribution in [0, 0.1) is 11.8 Å². The maximum Gasteiger partial charge on any atom is 0.0170 e. The fraction of sp³-hybridized carbons (Fsp3) is 1.00. The summed E-state index contributed by atoms with van der Waals surface area (Å²) >= 11 is 0. The van der Waals surface area contributed by atoms with Gasteiger partial charge in [-0.1, -0.05) is 13.8 Å². The molecule has 2 atom stereocenters. The number of nitrogens with two attached hydrogens (primary N) is 1. The molecule has 12 heavy (non-hydrogen) atoms. The normalized spacial score (nSPS) is 32.8. The molecular weight excluding hydrogens is 148 g/mol. The number of hydrogen-bond donors (Lipinski definition) is 1. The summed E-state index contributed by atoms with van der Waals surface area (Å²) < 4.78 is 0. The monoisotopic (exact) mass is 170 g/mol. The Bertz CT molecular complexity index is 121. The summed E-state index contributed by atoms with van der Waals surface area (Å²) in [7, 11) is 2.17. The highest BCUT2D eigenvalue weighted by atomic mass is 15.1. The quantitative estimate of drug-likeness (QED) is 0.677. The molecule has 0 radical (unpaired) electrons. The molecular formula is C10H22N2. The van der Waals surface area contributed by atoms with Crippen LogP contribution in [0.15, 0.2) is 0 Å². The summed E-state index contributed by atoms with van der Waals surface area (Å²) in [6, 6.07) is 0.410. The molecule has 0 saturated carbocycles. The van der Waals surface area contributed by atoms with Crippen LogP contribution in [0.1, 0.15) is 26.7 Å². The first-order valence-corrected chi connectivity index (χ1v) is 5.02. The molecule has 1 heterocycles. The van der Waals surface area contributed by atoms with Gasteiger partial charge in [-0.25, -0.2) is 0 Å². The Morgan fingerprint density at radius 2 is 2.08 bits per heavy atom. The highest BCUT2D eigenvalue weighted by molar-refractivity contribution is 4.79. The predicted molar refractivity (Wildman–Crippen MR) is 53.0 cm³/mol. The zero-order valence-electron chi connectivity index (χ0n) is 8.59. The smallest absolute Gasteiger partial charge is 0.0170 e. The molecule has 1 saturated heterocycles. The molecule has 2 heteroatoms. The molecule has 0 bridgehead atoms. The minimum absolute atomic E-state index is 0.410. The van der Waals surface area contributed by atoms with E-state index in [0.29, 0.717) is 6.04 Å². The third-order valence-corrected chi connectivity index (χ3v) is 2.56. The van der Waals surface area contributed by atoms with Crippen LogP contribution >= 0.6 is 0 Å². The van der Waals surface area contributed by atoms with E-state index in [9.17, 15) is 0 Å². The SMILES string of the molecule is CC(C)C[C@H]1CC(N)CN(C)C1. The third-order valence-electron chi connectivity index (χ3n) is 2.56. The van der Waals surface area contributed by atoms with Gasteiger partial charge < -0.3 is 10.6 Å². The van der Waals surface area contributed by atoms with Crippen LogP contribution in [0.4, 0.5) is 0 Å². The summed E-state index contributed by atoms with van der Waals surface area (Å²) in [5, 5.41) is 0. The van der Waals surface area contributed by atoms with Gasteiger partial charge in [0.1, 0.15) is 0 Å². The number of likely N-dealkylation sites (tertiary alicyclic amines) is 1. The number of rotatable bonds is 2. The first-order valence-electron chi connectivity index (χ1n) is 5.02. The van der Waals surface area contributed by atoms with Crippen molar-refractivity contribution >= 4 is 0 Å². The van der Waals surface area contributed by atoms with Gasteiger partial charge in [-0.3, -0.25) is 0 Å². The molecule has 1 fully saturated rings. The van der Waals surface area contributed by atoms with E-state index in [0.717, 1.165) is 18.4 Å². The van der Waals surface area contributed by atoms with Crippen molar-refractivity contribution in [3.05, 3.63) is 0 Å². The van der Waals surface area contributed by atoms with Gasteiger partial charge in [0.2, 0.25) is 0 Å². The Kier molecular flexibility index (Phi) is 3.53. The lowest BCUT2D eigenvalue weighted by molar-refractivity contribution is 0.171. The van der Waals surface area contributed by atoms with E-state index >= 15 is 0 Å². The van der Waals surface area contributed by atoms with E-state index in [1.54, 1.807) is 0 Å². The Balaban J connectivity index is 2.34. The Morgan fingerprint density at radius 1 is 1.42 bits per heavy atom. The van der Waals surface area contributed by atoms with Gasteiger partial charge in [-0.2, -0.15) is 0 Å². The van der Waals surface area contributed by atoms with Crippen LogP contribution in [-0.4, -0.2) is 31.1 Å². The molecule has 1 unspecified atom stereocenters. The van der Waals surface area contributed by atoms with E-state index < -0.39 is 0 Å². The van der Waals surface area contributed by atoms with Crippen molar-refractivity contribution in [3.8, 4) is 0 Å². The third kappa shape index (κ3) is 3.11. The van der Waals surface area contributed by atoms with E-state index in [-0.39, 0.29) is 0 Å². The zero-order valence-corrected chi connectivity index (χ0v) is 8.59. The molecule has 0 aliphatic carbocycles. The number of nitrogens with zero attached hydrogens (tertiary/aromatic N) is 1. The molecule has 2 nitrogen and oxygen atoms in total. The first kappa shape index (κ1) is 10.0. The minimum atomic E-state index is 0.410. The highest BCUT2D eigenvalue weighted by Gasteiger charge is 2.22. The van der Waals surface area contributed by atoms with E-state index in [2.05, 4.69) is 25.8 Å². The minimum Gasteiger partial charge on any atom is -0.327 e. The standard InChI is InChI=1S/C10H22N2/c1-8(2)4-9-5-10(11)7-12(3)6-9/h8-10H,4-7,11H2,1-3H3/t9-,10?/m0/s1. The molecule has 0 aromatic rings. The van der Waals surface area contributed by atoms with Crippen LogP contribution in [0.3, 0.4) is 0 Å². The van der Waals surface area contributed by atoms with Crippen molar-refractivity contribution in [3.63, 3.8) is 0 Å². The van der Waals surface area contributed by atoms with Crippen LogP contribution in [0.2, 0.25) is 0 Å². The largest absolute Gasteiger partial charge is 0.327 e. The average molecular weight is 170 g/mol. The average Bonchev–Trinajstić information content (AvgIpc) is 1.81. The predicted octanol–water partition coefficient (Wildman–Crippen LogP) is 1.31. The molecule has 2 N–H and O–H groups in total. The van der Waals surface area contributed by atoms with Gasteiger partial charge in [-0.05, 0) is 31.7 Å². The second-order valence-corrected chi connectivity index (χ2v) is 4.71. The first-order chi connectivity index (χ1) is 5.58. The van der Waals surface area contributed by atoms with Crippen LogP contribution in [0.5, 0.6) is 0 Å². The van der Waals surface area contributed by atoms with Crippen LogP contribution in [0.25, 0.3) is 0 Å². The van der Waals surface area contributed by atoms with Crippen LogP contribution in [-0.2, 0) is 0 Å². The molecule has 0 spiro atoms. The van der Waals surface area contributed by atoms with Crippen molar-refractivity contribution in [2.45, 2.75) is 32.7 Å². The molecule has 0 aromatic carbocycles. The highest BCUT2D eigenvalue weighted by Crippen LogP contribution is 2.21. The van der Waals surface area contributed by atoms with Gasteiger partial charge in [0.15, 0.2) is 0 Å². The number of hydrogen-bond acceptors (Lipinski definition) is 2. The summed E-state index contributed by atoms with van der Waals surface area (Å²) in [5.74, 6) is 1.65. The maximum absolute atomic E-state index is 5.95. The second kappa shape index (κ2) is 4.24. The second-order valence-electron chi connectivity index (χ2n) is 4.71. The zero-order chi connectivity index (χ0) is 9.14. The molecule has 1 aliphatic heterocycles. The van der Waals surface area contributed by atoms with E-state index in [1.807, 2.05) is 0 Å². The Morgan fingerprint density at radius 3 is 2.58 bits per heavy atom. The van der Waals surface area contributed by atoms with Crippen molar-refractivity contribution in [1.29, 1.82) is 0 Å². The summed E-state index contributed by atoms with van der Waals surface area (Å²) in [4.78, 5) is 2.36. The van der Waals surface area contributed by atoms with E-state index in [1.165, 1.54) is 19.4 Å².